The Kier molecular flexibility index (Phi) is 6.10. The zero-order valence-corrected chi connectivity index (χ0v) is 17.3. The van der Waals surface area contributed by atoms with Gasteiger partial charge in [0.15, 0.2) is 6.54 Å². The third-order valence-electron chi connectivity index (χ3n) is 5.89. The van der Waals surface area contributed by atoms with Gasteiger partial charge < -0.3 is 15.5 Å². The van der Waals surface area contributed by atoms with E-state index in [0.717, 1.165) is 53.5 Å². The number of aryl methyl sites for hydroxylation is 1. The maximum atomic E-state index is 12.6. The van der Waals surface area contributed by atoms with E-state index in [1.165, 1.54) is 4.90 Å². The van der Waals surface area contributed by atoms with Gasteiger partial charge in [0.2, 0.25) is 0 Å². The summed E-state index contributed by atoms with van der Waals surface area (Å²) in [4.78, 5) is 26.4. The standard InChI is InChI=1S/C25H27N3O2/c1-18-7-2-4-10-21(18)25(30)26-20-13-15-28(16-14-20)17-24(29)27-23-12-6-9-19-8-3-5-11-22(19)23/h2-12,20H,13-17H2,1H3,(H,26,30)(H,27,29)/p+1. The van der Waals surface area contributed by atoms with Crippen molar-refractivity contribution in [1.29, 1.82) is 0 Å². The quantitative estimate of drug-likeness (QED) is 0.614. The highest BCUT2D eigenvalue weighted by atomic mass is 16.2. The second-order valence-electron chi connectivity index (χ2n) is 8.06. The predicted octanol–water partition coefficient (Wildman–Crippen LogP) is 2.56. The third-order valence-corrected chi connectivity index (χ3v) is 5.89. The first-order valence-electron chi connectivity index (χ1n) is 10.6. The number of nitrogens with one attached hydrogen (secondary N) is 3. The van der Waals surface area contributed by atoms with E-state index in [1.54, 1.807) is 0 Å². The predicted molar refractivity (Wildman–Crippen MR) is 120 cm³/mol. The first kappa shape index (κ1) is 20.1. The lowest BCUT2D eigenvalue weighted by Crippen LogP contribution is -3.14. The lowest BCUT2D eigenvalue weighted by atomic mass is 10.0. The Labute approximate surface area is 177 Å². The van der Waals surface area contributed by atoms with E-state index < -0.39 is 0 Å². The Morgan fingerprint density at radius 2 is 1.63 bits per heavy atom. The van der Waals surface area contributed by atoms with Gasteiger partial charge in [0.25, 0.3) is 11.8 Å². The Morgan fingerprint density at radius 1 is 0.933 bits per heavy atom. The minimum atomic E-state index is -0.00440. The Balaban J connectivity index is 1.28. The molecule has 0 spiro atoms. The molecule has 5 heteroatoms. The average molecular weight is 403 g/mol. The fourth-order valence-corrected chi connectivity index (χ4v) is 4.19. The molecule has 1 aliphatic rings. The maximum Gasteiger partial charge on any atom is 0.279 e. The minimum Gasteiger partial charge on any atom is -0.349 e. The van der Waals surface area contributed by atoms with Gasteiger partial charge in [0.1, 0.15) is 0 Å². The number of carbonyl (C=O) groups excluding carboxylic acids is 2. The van der Waals surface area contributed by atoms with E-state index >= 15 is 0 Å². The van der Waals surface area contributed by atoms with Gasteiger partial charge in [-0.15, -0.1) is 0 Å². The van der Waals surface area contributed by atoms with Crippen LogP contribution in [0.3, 0.4) is 0 Å². The topological polar surface area (TPSA) is 62.6 Å². The Morgan fingerprint density at radius 3 is 2.43 bits per heavy atom. The molecular formula is C25H28N3O2+. The molecule has 5 nitrogen and oxygen atoms in total. The average Bonchev–Trinajstić information content (AvgIpc) is 2.75. The largest absolute Gasteiger partial charge is 0.349 e. The van der Waals surface area contributed by atoms with Crippen LogP contribution in [-0.4, -0.2) is 37.5 Å². The zero-order valence-electron chi connectivity index (χ0n) is 17.3. The number of fused-ring (bicyclic) bond motifs is 1. The number of anilines is 1. The summed E-state index contributed by atoms with van der Waals surface area (Å²) in [5.74, 6) is 0.0268. The number of hydrogen-bond acceptors (Lipinski definition) is 2. The molecule has 30 heavy (non-hydrogen) atoms. The van der Waals surface area contributed by atoms with Gasteiger partial charge in [-0.25, -0.2) is 0 Å². The van der Waals surface area contributed by atoms with Crippen molar-refractivity contribution in [2.45, 2.75) is 25.8 Å². The number of amides is 2. The normalized spacial score (nSPS) is 18.7. The molecule has 0 saturated carbocycles. The molecule has 3 aromatic carbocycles. The first-order chi connectivity index (χ1) is 14.6. The maximum absolute atomic E-state index is 12.6. The van der Waals surface area contributed by atoms with E-state index in [0.29, 0.717) is 6.54 Å². The first-order valence-corrected chi connectivity index (χ1v) is 10.6. The van der Waals surface area contributed by atoms with Crippen LogP contribution < -0.4 is 15.5 Å². The van der Waals surface area contributed by atoms with Crippen molar-refractivity contribution in [3.05, 3.63) is 77.9 Å². The van der Waals surface area contributed by atoms with Crippen molar-refractivity contribution in [3.8, 4) is 0 Å². The van der Waals surface area contributed by atoms with Crippen LogP contribution in [0.4, 0.5) is 5.69 Å². The lowest BCUT2D eigenvalue weighted by molar-refractivity contribution is -0.897. The molecule has 0 radical (unpaired) electrons. The molecule has 1 aliphatic heterocycles. The molecule has 1 saturated heterocycles. The summed E-state index contributed by atoms with van der Waals surface area (Å²) >= 11 is 0. The van der Waals surface area contributed by atoms with Crippen LogP contribution in [-0.2, 0) is 4.79 Å². The van der Waals surface area contributed by atoms with Gasteiger partial charge in [-0.2, -0.15) is 0 Å². The molecule has 154 valence electrons. The summed E-state index contributed by atoms with van der Waals surface area (Å²) in [5, 5.41) is 8.41. The fourth-order valence-electron chi connectivity index (χ4n) is 4.19. The van der Waals surface area contributed by atoms with Crippen LogP contribution in [0.1, 0.15) is 28.8 Å². The summed E-state index contributed by atoms with van der Waals surface area (Å²) < 4.78 is 0. The number of hydrogen-bond donors (Lipinski definition) is 3. The molecule has 0 aliphatic carbocycles. The van der Waals surface area contributed by atoms with Crippen LogP contribution in [0.25, 0.3) is 10.8 Å². The van der Waals surface area contributed by atoms with Gasteiger partial charge in [-0.05, 0) is 30.0 Å². The second-order valence-corrected chi connectivity index (χ2v) is 8.06. The van der Waals surface area contributed by atoms with Crippen molar-refractivity contribution < 1.29 is 14.5 Å². The molecule has 3 aromatic rings. The van der Waals surface area contributed by atoms with Gasteiger partial charge in [-0.3, -0.25) is 9.59 Å². The van der Waals surface area contributed by atoms with Crippen molar-refractivity contribution in [2.24, 2.45) is 0 Å². The third kappa shape index (κ3) is 4.69. The number of carbonyl (C=O) groups is 2. The Hall–Kier alpha value is -3.18. The summed E-state index contributed by atoms with van der Waals surface area (Å²) in [6.45, 7) is 4.15. The molecule has 3 N–H and O–H groups in total. The van der Waals surface area contributed by atoms with Crippen LogP contribution in [0.5, 0.6) is 0 Å². The number of quaternary nitrogens is 1. The van der Waals surface area contributed by atoms with Crippen LogP contribution in [0, 0.1) is 6.92 Å². The molecule has 0 unspecified atom stereocenters. The van der Waals surface area contributed by atoms with Crippen LogP contribution >= 0.6 is 0 Å². The van der Waals surface area contributed by atoms with Crippen molar-refractivity contribution in [2.75, 3.05) is 25.0 Å². The van der Waals surface area contributed by atoms with Crippen molar-refractivity contribution >= 4 is 28.3 Å². The Bertz CT molecular complexity index is 1050. The van der Waals surface area contributed by atoms with Crippen molar-refractivity contribution in [1.82, 2.24) is 5.32 Å². The molecule has 4 rings (SSSR count). The monoisotopic (exact) mass is 402 g/mol. The molecule has 0 atom stereocenters. The number of benzene rings is 3. The van der Waals surface area contributed by atoms with E-state index in [2.05, 4.69) is 10.6 Å². The zero-order chi connectivity index (χ0) is 20.9. The molecule has 2 amide bonds. The number of rotatable bonds is 5. The SMILES string of the molecule is Cc1ccccc1C(=O)NC1CC[NH+](CC(=O)Nc2cccc3ccccc23)CC1. The van der Waals surface area contributed by atoms with Crippen molar-refractivity contribution in [3.63, 3.8) is 0 Å². The van der Waals surface area contributed by atoms with Gasteiger partial charge >= 0.3 is 0 Å². The summed E-state index contributed by atoms with van der Waals surface area (Å²) in [6, 6.07) is 21.8. The van der Waals surface area contributed by atoms with Gasteiger partial charge in [0, 0.05) is 35.5 Å². The molecule has 0 aromatic heterocycles. The van der Waals surface area contributed by atoms with E-state index in [1.807, 2.05) is 73.7 Å². The van der Waals surface area contributed by atoms with E-state index in [4.69, 9.17) is 0 Å². The second kappa shape index (κ2) is 9.09. The number of likely N-dealkylation sites (tertiary alicyclic amines) is 1. The molecule has 0 bridgehead atoms. The smallest absolute Gasteiger partial charge is 0.279 e. The minimum absolute atomic E-state index is 0.00440. The van der Waals surface area contributed by atoms with Crippen LogP contribution in [0.15, 0.2) is 66.7 Å². The summed E-state index contributed by atoms with van der Waals surface area (Å²) in [5.41, 5.74) is 2.59. The number of piperidine rings is 1. The van der Waals surface area contributed by atoms with E-state index in [9.17, 15) is 9.59 Å². The molecular weight excluding hydrogens is 374 g/mol. The summed E-state index contributed by atoms with van der Waals surface area (Å²) in [7, 11) is 0. The summed E-state index contributed by atoms with van der Waals surface area (Å²) in [6.07, 6.45) is 1.77. The lowest BCUT2D eigenvalue weighted by Gasteiger charge is -2.29. The van der Waals surface area contributed by atoms with Gasteiger partial charge in [0.05, 0.1) is 13.1 Å². The highest BCUT2D eigenvalue weighted by molar-refractivity contribution is 6.02. The molecule has 1 heterocycles. The fraction of sp³-hybridized carbons (Fsp3) is 0.280. The van der Waals surface area contributed by atoms with E-state index in [-0.39, 0.29) is 17.9 Å². The molecule has 1 fully saturated rings. The highest BCUT2D eigenvalue weighted by Crippen LogP contribution is 2.22. The highest BCUT2D eigenvalue weighted by Gasteiger charge is 2.25. The van der Waals surface area contributed by atoms with Crippen LogP contribution in [0.2, 0.25) is 0 Å². The van der Waals surface area contributed by atoms with Gasteiger partial charge in [-0.1, -0.05) is 54.6 Å².